The van der Waals surface area contributed by atoms with Gasteiger partial charge in [-0.15, -0.1) is 0 Å². The van der Waals surface area contributed by atoms with E-state index in [-0.39, 0.29) is 11.8 Å². The number of nitrogens with zero attached hydrogens (tertiary/aromatic N) is 2. The van der Waals surface area contributed by atoms with Crippen molar-refractivity contribution in [3.05, 3.63) is 112 Å². The molecule has 0 aliphatic carbocycles. The summed E-state index contributed by atoms with van der Waals surface area (Å²) in [5.41, 5.74) is 6.55. The van der Waals surface area contributed by atoms with E-state index in [1.807, 2.05) is 37.3 Å². The molecule has 4 aromatic carbocycles. The highest BCUT2D eigenvalue weighted by Crippen LogP contribution is 2.28. The van der Waals surface area contributed by atoms with E-state index in [0.29, 0.717) is 29.9 Å². The number of halogens is 4. The van der Waals surface area contributed by atoms with Crippen LogP contribution in [0.2, 0.25) is 0 Å². The van der Waals surface area contributed by atoms with Gasteiger partial charge < -0.3 is 31.1 Å². The normalized spacial score (nSPS) is 14.6. The maximum absolute atomic E-state index is 13.7. The molecule has 282 valence electrons. The molecule has 0 saturated carbocycles. The smallest absolute Gasteiger partial charge is 0.253 e. The zero-order valence-corrected chi connectivity index (χ0v) is 36.2. The number of carbonyl (C=O) groups is 2. The van der Waals surface area contributed by atoms with Crippen LogP contribution in [0.4, 0.5) is 27.1 Å². The van der Waals surface area contributed by atoms with Crippen LogP contribution in [0.1, 0.15) is 63.9 Å². The number of benzene rings is 4. The Balaban J connectivity index is 0.000000204. The lowest BCUT2D eigenvalue weighted by atomic mass is 10.1. The second kappa shape index (κ2) is 20.8. The van der Waals surface area contributed by atoms with Crippen LogP contribution < -0.4 is 21.3 Å². The predicted octanol–water partition coefficient (Wildman–Crippen LogP) is 9.63. The molecule has 2 amide bonds. The monoisotopic (exact) mass is 1010 g/mol. The van der Waals surface area contributed by atoms with Gasteiger partial charge in [-0.2, -0.15) is 0 Å². The number of hydrogen-bond donors (Lipinski definition) is 4. The summed E-state index contributed by atoms with van der Waals surface area (Å²) in [4.78, 5) is 30.1. The number of piperidine rings is 1. The van der Waals surface area contributed by atoms with E-state index in [9.17, 15) is 14.0 Å². The summed E-state index contributed by atoms with van der Waals surface area (Å²) in [7, 11) is 0. The number of aryl methyl sites for hydroxylation is 2. The van der Waals surface area contributed by atoms with Crippen molar-refractivity contribution in [3.8, 4) is 0 Å². The Labute approximate surface area is 348 Å². The van der Waals surface area contributed by atoms with Gasteiger partial charge in [-0.05, 0) is 195 Å². The number of anilines is 4. The van der Waals surface area contributed by atoms with E-state index in [1.165, 1.54) is 47.8 Å². The first-order valence-electron chi connectivity index (χ1n) is 18.2. The third-order valence-electron chi connectivity index (χ3n) is 9.44. The summed E-state index contributed by atoms with van der Waals surface area (Å²) in [5, 5.41) is 12.7. The molecule has 4 N–H and O–H groups in total. The van der Waals surface area contributed by atoms with E-state index in [2.05, 4.69) is 123 Å². The molecule has 0 aromatic heterocycles. The van der Waals surface area contributed by atoms with Gasteiger partial charge in [0, 0.05) is 49.2 Å². The van der Waals surface area contributed by atoms with Crippen molar-refractivity contribution in [3.63, 3.8) is 0 Å². The summed E-state index contributed by atoms with van der Waals surface area (Å²) in [6, 6.07) is 22.3. The topological polar surface area (TPSA) is 88.7 Å². The van der Waals surface area contributed by atoms with Gasteiger partial charge in [0.25, 0.3) is 11.8 Å². The van der Waals surface area contributed by atoms with Crippen molar-refractivity contribution < 1.29 is 14.0 Å². The Hall–Kier alpha value is -2.79. The first-order valence-corrected chi connectivity index (χ1v) is 21.2. The zero-order chi connectivity index (χ0) is 37.7. The first-order chi connectivity index (χ1) is 25.5. The van der Waals surface area contributed by atoms with Gasteiger partial charge in [0.2, 0.25) is 0 Å². The average Bonchev–Trinajstić information content (AvgIpc) is 3.66. The Morgan fingerprint density at radius 3 is 1.55 bits per heavy atom. The van der Waals surface area contributed by atoms with Crippen LogP contribution in [0.15, 0.2) is 77.3 Å². The van der Waals surface area contributed by atoms with Crippen molar-refractivity contribution in [1.82, 2.24) is 20.4 Å². The summed E-state index contributed by atoms with van der Waals surface area (Å²) in [6.07, 6.45) is 6.31. The average molecular weight is 1010 g/mol. The van der Waals surface area contributed by atoms with E-state index >= 15 is 0 Å². The number of nitrogens with one attached hydrogen (secondary N) is 4. The first kappa shape index (κ1) is 41.4. The molecule has 2 heterocycles. The van der Waals surface area contributed by atoms with Crippen molar-refractivity contribution in [1.29, 1.82) is 0 Å². The molecule has 6 rings (SSSR count). The molecule has 53 heavy (non-hydrogen) atoms. The van der Waals surface area contributed by atoms with Gasteiger partial charge in [0.15, 0.2) is 0 Å². The predicted molar refractivity (Wildman–Crippen MR) is 236 cm³/mol. The standard InChI is InChI=1S/C21H25BrIN3O.C20H23FIN3O/c1-15-13-17(23)6-8-19(15)25-20-7-5-16(22)14-18(20)21(27)24-9-12-26-10-3-2-4-11-26;1-14-12-16(22)5-7-18(14)24-19-6-4-15(21)13-17(19)20(26)23-8-11-25-9-2-3-10-25/h5-8,13-14,25H,2-4,9-12H2,1H3,(H,24,27);4-7,12-13,24H,2-3,8-11H2,1H3,(H,23,26). The summed E-state index contributed by atoms with van der Waals surface area (Å²) < 4.78 is 17.0. The number of rotatable bonds is 12. The molecule has 0 atom stereocenters. The molecule has 0 radical (unpaired) electrons. The van der Waals surface area contributed by atoms with Crippen LogP contribution in [0.5, 0.6) is 0 Å². The lowest BCUT2D eigenvalue weighted by Gasteiger charge is -2.26. The molecule has 8 nitrogen and oxygen atoms in total. The van der Waals surface area contributed by atoms with Crippen molar-refractivity contribution >= 4 is 95.7 Å². The van der Waals surface area contributed by atoms with Crippen LogP contribution in [0.3, 0.4) is 0 Å². The lowest BCUT2D eigenvalue weighted by molar-refractivity contribution is 0.0940. The highest BCUT2D eigenvalue weighted by molar-refractivity contribution is 14.1. The number of hydrogen-bond acceptors (Lipinski definition) is 6. The van der Waals surface area contributed by atoms with Crippen molar-refractivity contribution in [2.75, 3.05) is 63.0 Å². The number of likely N-dealkylation sites (tertiary alicyclic amines) is 2. The molecule has 2 fully saturated rings. The molecule has 0 bridgehead atoms. The quantitative estimate of drug-likeness (QED) is 0.106. The number of amides is 2. The Bertz CT molecular complexity index is 1870. The SMILES string of the molecule is Cc1cc(I)ccc1Nc1ccc(Br)cc1C(=O)NCCN1CCCCC1.Cc1cc(I)ccc1Nc1ccc(F)cc1C(=O)NCCN1CCCC1. The second-order valence-corrected chi connectivity index (χ2v) is 16.9. The molecule has 0 unspecified atom stereocenters. The fourth-order valence-corrected chi connectivity index (χ4v) is 8.14. The minimum atomic E-state index is -0.417. The third-order valence-corrected chi connectivity index (χ3v) is 11.3. The molecule has 2 saturated heterocycles. The van der Waals surface area contributed by atoms with E-state index < -0.39 is 5.82 Å². The molecule has 4 aromatic rings. The van der Waals surface area contributed by atoms with E-state index in [1.54, 1.807) is 6.07 Å². The Morgan fingerprint density at radius 1 is 0.623 bits per heavy atom. The van der Waals surface area contributed by atoms with Gasteiger partial charge in [0.05, 0.1) is 22.5 Å². The molecule has 0 spiro atoms. The largest absolute Gasteiger partial charge is 0.355 e. The third kappa shape index (κ3) is 12.9. The van der Waals surface area contributed by atoms with Crippen LogP contribution in [-0.2, 0) is 0 Å². The van der Waals surface area contributed by atoms with Crippen LogP contribution >= 0.6 is 61.1 Å². The minimum absolute atomic E-state index is 0.0426. The molecule has 2 aliphatic rings. The molecule has 2 aliphatic heterocycles. The van der Waals surface area contributed by atoms with Crippen molar-refractivity contribution in [2.24, 2.45) is 0 Å². The Kier molecular flexibility index (Phi) is 16.2. The molecule has 12 heteroatoms. The van der Waals surface area contributed by atoms with Crippen molar-refractivity contribution in [2.45, 2.75) is 46.0 Å². The van der Waals surface area contributed by atoms with E-state index in [0.717, 1.165) is 75.5 Å². The maximum atomic E-state index is 13.7. The summed E-state index contributed by atoms with van der Waals surface area (Å²) in [5.74, 6) is -0.715. The highest BCUT2D eigenvalue weighted by atomic mass is 127. The summed E-state index contributed by atoms with van der Waals surface area (Å²) >= 11 is 8.05. The molecular weight excluding hydrogens is 961 g/mol. The van der Waals surface area contributed by atoms with Gasteiger partial charge >= 0.3 is 0 Å². The van der Waals surface area contributed by atoms with Gasteiger partial charge in [-0.1, -0.05) is 22.4 Å². The summed E-state index contributed by atoms with van der Waals surface area (Å²) in [6.45, 7) is 11.5. The minimum Gasteiger partial charge on any atom is -0.355 e. The lowest BCUT2D eigenvalue weighted by Crippen LogP contribution is -2.37. The second-order valence-electron chi connectivity index (χ2n) is 13.5. The van der Waals surface area contributed by atoms with Crippen LogP contribution in [-0.4, -0.2) is 74.0 Å². The van der Waals surface area contributed by atoms with Gasteiger partial charge in [-0.25, -0.2) is 4.39 Å². The van der Waals surface area contributed by atoms with Crippen LogP contribution in [0, 0.1) is 26.8 Å². The fourth-order valence-electron chi connectivity index (χ4n) is 6.49. The number of carbonyl (C=O) groups excluding carboxylic acids is 2. The van der Waals surface area contributed by atoms with Gasteiger partial charge in [-0.3, -0.25) is 9.59 Å². The maximum Gasteiger partial charge on any atom is 0.253 e. The van der Waals surface area contributed by atoms with Gasteiger partial charge in [0.1, 0.15) is 5.82 Å². The van der Waals surface area contributed by atoms with E-state index in [4.69, 9.17) is 0 Å². The fraction of sp³-hybridized carbons (Fsp3) is 0.366. The zero-order valence-electron chi connectivity index (χ0n) is 30.3. The Morgan fingerprint density at radius 2 is 1.06 bits per heavy atom. The highest BCUT2D eigenvalue weighted by Gasteiger charge is 2.17. The van der Waals surface area contributed by atoms with Crippen LogP contribution in [0.25, 0.3) is 0 Å². The molecular formula is C41H48BrFI2N6O2.